The van der Waals surface area contributed by atoms with E-state index in [1.54, 1.807) is 12.1 Å². The predicted molar refractivity (Wildman–Crippen MR) is 123 cm³/mol. The smallest absolute Gasteiger partial charge is 0.306 e. The van der Waals surface area contributed by atoms with Gasteiger partial charge in [0, 0.05) is 24.4 Å². The van der Waals surface area contributed by atoms with Crippen molar-refractivity contribution >= 4 is 29.4 Å². The first kappa shape index (κ1) is 23.5. The van der Waals surface area contributed by atoms with Gasteiger partial charge in [-0.25, -0.2) is 0 Å². The molecule has 0 unspecified atom stereocenters. The van der Waals surface area contributed by atoms with E-state index in [1.165, 1.54) is 0 Å². The van der Waals surface area contributed by atoms with Gasteiger partial charge in [0.05, 0.1) is 12.5 Å². The molecule has 3 rings (SSSR count). The summed E-state index contributed by atoms with van der Waals surface area (Å²) in [5.74, 6) is -1.26. The van der Waals surface area contributed by atoms with Crippen molar-refractivity contribution in [3.05, 3.63) is 82.9 Å². The van der Waals surface area contributed by atoms with Crippen LogP contribution >= 0.6 is 11.6 Å². The number of rotatable bonds is 5. The van der Waals surface area contributed by atoms with Crippen LogP contribution in [0.4, 0.5) is 0 Å². The maximum absolute atomic E-state index is 12.9. The normalized spacial score (nSPS) is 19.8. The summed E-state index contributed by atoms with van der Waals surface area (Å²) in [5.41, 5.74) is 1.74. The summed E-state index contributed by atoms with van der Waals surface area (Å²) in [4.78, 5) is 37.5. The summed E-state index contributed by atoms with van der Waals surface area (Å²) in [6.45, 7) is 0.521. The monoisotopic (exact) mass is 454 g/mol. The van der Waals surface area contributed by atoms with Crippen LogP contribution in [0.15, 0.2) is 66.7 Å². The minimum absolute atomic E-state index is 0.0690. The highest BCUT2D eigenvalue weighted by Gasteiger charge is 2.24. The summed E-state index contributed by atoms with van der Waals surface area (Å²) in [7, 11) is 0. The van der Waals surface area contributed by atoms with Crippen LogP contribution in [-0.2, 0) is 25.7 Å². The van der Waals surface area contributed by atoms with E-state index < -0.39 is 12.0 Å². The van der Waals surface area contributed by atoms with Gasteiger partial charge >= 0.3 is 5.97 Å². The molecule has 0 radical (unpaired) electrons. The average molecular weight is 455 g/mol. The van der Waals surface area contributed by atoms with Crippen LogP contribution in [0.1, 0.15) is 42.9 Å². The molecule has 6 nitrogen and oxygen atoms in total. The van der Waals surface area contributed by atoms with Gasteiger partial charge in [-0.2, -0.15) is 0 Å². The molecule has 0 fully saturated rings. The summed E-state index contributed by atoms with van der Waals surface area (Å²) in [6.07, 6.45) is 4.41. The molecule has 32 heavy (non-hydrogen) atoms. The molecule has 0 bridgehead atoms. The van der Waals surface area contributed by atoms with Crippen LogP contribution in [0, 0.1) is 5.92 Å². The lowest BCUT2D eigenvalue weighted by molar-refractivity contribution is -0.150. The second kappa shape index (κ2) is 12.1. The van der Waals surface area contributed by atoms with Crippen molar-refractivity contribution in [2.24, 2.45) is 5.92 Å². The lowest BCUT2D eigenvalue weighted by atomic mass is 9.98. The zero-order valence-electron chi connectivity index (χ0n) is 17.8. The van der Waals surface area contributed by atoms with Gasteiger partial charge in [-0.15, -0.1) is 0 Å². The molecule has 7 heteroatoms. The number of hydrogen-bond acceptors (Lipinski definition) is 4. The molecule has 2 aromatic rings. The molecule has 0 saturated heterocycles. The lowest BCUT2D eigenvalue weighted by Gasteiger charge is -2.21. The number of benzene rings is 2. The van der Waals surface area contributed by atoms with Crippen molar-refractivity contribution in [2.45, 2.75) is 38.3 Å². The number of amides is 2. The maximum atomic E-state index is 12.9. The number of ether oxygens (including phenoxy) is 1. The molecule has 1 aliphatic rings. The third kappa shape index (κ3) is 7.54. The molecule has 2 N–H and O–H groups in total. The van der Waals surface area contributed by atoms with Gasteiger partial charge in [0.2, 0.25) is 11.8 Å². The largest absolute Gasteiger partial charge is 0.456 e. The van der Waals surface area contributed by atoms with E-state index in [1.807, 2.05) is 54.6 Å². The van der Waals surface area contributed by atoms with Gasteiger partial charge in [0.1, 0.15) is 6.10 Å². The fraction of sp³-hybridized carbons (Fsp3) is 0.320. The van der Waals surface area contributed by atoms with Gasteiger partial charge in [-0.05, 0) is 36.1 Å². The number of carbonyl (C=O) groups excluding carboxylic acids is 3. The van der Waals surface area contributed by atoms with Crippen molar-refractivity contribution in [1.29, 1.82) is 0 Å². The van der Waals surface area contributed by atoms with Crippen LogP contribution in [-0.4, -0.2) is 24.3 Å². The number of allylic oxidation sites excluding steroid dienone is 2. The Morgan fingerprint density at radius 2 is 1.81 bits per heavy atom. The maximum Gasteiger partial charge on any atom is 0.306 e. The van der Waals surface area contributed by atoms with Gasteiger partial charge in [-0.1, -0.05) is 66.2 Å². The number of carbonyl (C=O) groups is 3. The third-order valence-electron chi connectivity index (χ3n) is 5.21. The molecule has 2 atom stereocenters. The average Bonchev–Trinajstić information content (AvgIpc) is 2.80. The van der Waals surface area contributed by atoms with Gasteiger partial charge in [0.15, 0.2) is 0 Å². The third-order valence-corrected chi connectivity index (χ3v) is 5.47. The fourth-order valence-corrected chi connectivity index (χ4v) is 3.54. The molecule has 1 heterocycles. The van der Waals surface area contributed by atoms with Crippen LogP contribution in [0.5, 0.6) is 0 Å². The first-order valence-electron chi connectivity index (χ1n) is 10.7. The molecule has 2 amide bonds. The molecule has 2 aromatic carbocycles. The van der Waals surface area contributed by atoms with Crippen molar-refractivity contribution in [3.63, 3.8) is 0 Å². The minimum Gasteiger partial charge on any atom is -0.456 e. The van der Waals surface area contributed by atoms with E-state index in [4.69, 9.17) is 16.3 Å². The minimum atomic E-state index is -0.574. The van der Waals surface area contributed by atoms with Crippen LogP contribution in [0.25, 0.3) is 0 Å². The molecule has 0 aliphatic carbocycles. The van der Waals surface area contributed by atoms with Crippen LogP contribution < -0.4 is 10.6 Å². The van der Waals surface area contributed by atoms with E-state index in [0.717, 1.165) is 11.1 Å². The van der Waals surface area contributed by atoms with E-state index in [0.29, 0.717) is 24.4 Å². The number of esters is 1. The Balaban J connectivity index is 1.62. The summed E-state index contributed by atoms with van der Waals surface area (Å²) < 4.78 is 5.59. The number of cyclic esters (lactones) is 1. The first-order chi connectivity index (χ1) is 15.5. The molecular formula is C25H27ClN2O4. The van der Waals surface area contributed by atoms with Gasteiger partial charge in [-0.3, -0.25) is 14.4 Å². The zero-order valence-corrected chi connectivity index (χ0v) is 18.5. The van der Waals surface area contributed by atoms with Crippen molar-refractivity contribution in [1.82, 2.24) is 10.6 Å². The SMILES string of the molecule is O=C(C[C@@H]1CC=CCCC(=O)O[C@@H](c2ccccc2)CNC1=O)NCc1ccc(Cl)cc1. The van der Waals surface area contributed by atoms with Crippen molar-refractivity contribution in [2.75, 3.05) is 6.54 Å². The standard InChI is InChI=1S/C25H27ClN2O4/c26-21-13-11-18(12-14-21)16-27-23(29)15-20-9-5-2-6-10-24(30)32-22(17-28-25(20)31)19-7-3-1-4-8-19/h1-5,7-8,11-14,20,22H,6,9-10,15-17H2,(H,27,29)(H,28,31)/t20-,22+/m0/s1. The second-order valence-electron chi connectivity index (χ2n) is 7.68. The van der Waals surface area contributed by atoms with Gasteiger partial charge in [0.25, 0.3) is 0 Å². The quantitative estimate of drug-likeness (QED) is 0.526. The Morgan fingerprint density at radius 3 is 2.56 bits per heavy atom. The van der Waals surface area contributed by atoms with Crippen LogP contribution in [0.2, 0.25) is 5.02 Å². The predicted octanol–water partition coefficient (Wildman–Crippen LogP) is 4.10. The zero-order chi connectivity index (χ0) is 22.8. The van der Waals surface area contributed by atoms with Gasteiger partial charge < -0.3 is 15.4 Å². The summed E-state index contributed by atoms with van der Waals surface area (Å²) >= 11 is 5.89. The van der Waals surface area contributed by atoms with Crippen LogP contribution in [0.3, 0.4) is 0 Å². The molecule has 0 aromatic heterocycles. The van der Waals surface area contributed by atoms with E-state index >= 15 is 0 Å². The summed E-state index contributed by atoms with van der Waals surface area (Å²) in [6, 6.07) is 16.5. The Morgan fingerprint density at radius 1 is 1.06 bits per heavy atom. The number of halogens is 1. The van der Waals surface area contributed by atoms with Crippen molar-refractivity contribution in [3.8, 4) is 0 Å². The molecule has 168 valence electrons. The topological polar surface area (TPSA) is 84.5 Å². The Labute approximate surface area is 193 Å². The Bertz CT molecular complexity index is 944. The first-order valence-corrected chi connectivity index (χ1v) is 11.1. The summed E-state index contributed by atoms with van der Waals surface area (Å²) in [5, 5.41) is 6.35. The van der Waals surface area contributed by atoms with E-state index in [-0.39, 0.29) is 37.2 Å². The van der Waals surface area contributed by atoms with E-state index in [9.17, 15) is 14.4 Å². The molecule has 0 spiro atoms. The van der Waals surface area contributed by atoms with Crippen molar-refractivity contribution < 1.29 is 19.1 Å². The Kier molecular flexibility index (Phi) is 8.87. The van der Waals surface area contributed by atoms with E-state index in [2.05, 4.69) is 10.6 Å². The highest BCUT2D eigenvalue weighted by atomic mass is 35.5. The highest BCUT2D eigenvalue weighted by molar-refractivity contribution is 6.30. The highest BCUT2D eigenvalue weighted by Crippen LogP contribution is 2.19. The number of hydrogen-bond donors (Lipinski definition) is 2. The molecular weight excluding hydrogens is 428 g/mol. The lowest BCUT2D eigenvalue weighted by Crippen LogP contribution is -2.37. The Hall–Kier alpha value is -3.12. The molecule has 1 aliphatic heterocycles. The number of nitrogens with one attached hydrogen (secondary N) is 2. The fourth-order valence-electron chi connectivity index (χ4n) is 3.41. The second-order valence-corrected chi connectivity index (χ2v) is 8.12. The molecule has 0 saturated carbocycles.